The number of carbonyl (C=O) groups is 2. The molecule has 1 aromatic carbocycles. The second kappa shape index (κ2) is 8.42. The van der Waals surface area contributed by atoms with Crippen molar-refractivity contribution in [2.45, 2.75) is 6.92 Å². The molecule has 0 radical (unpaired) electrons. The first-order valence-electron chi connectivity index (χ1n) is 10.6. The lowest BCUT2D eigenvalue weighted by Crippen LogP contribution is -2.50. The van der Waals surface area contributed by atoms with Crippen molar-refractivity contribution in [3.05, 3.63) is 90.0 Å². The third-order valence-electron chi connectivity index (χ3n) is 5.76. The fraction of sp³-hybridized carbons (Fsp3) is 0.208. The highest BCUT2D eigenvalue weighted by atomic mass is 19.1. The number of furan rings is 1. The molecule has 1 aliphatic heterocycles. The molecule has 9 heteroatoms. The first-order chi connectivity index (χ1) is 16.0. The number of nitrogens with zero attached hydrogens (tertiary/aromatic N) is 5. The van der Waals surface area contributed by atoms with Crippen LogP contribution in [0.25, 0.3) is 11.5 Å². The van der Waals surface area contributed by atoms with Gasteiger partial charge in [0.2, 0.25) is 0 Å². The Morgan fingerprint density at radius 3 is 2.15 bits per heavy atom. The van der Waals surface area contributed by atoms with E-state index >= 15 is 0 Å². The summed E-state index contributed by atoms with van der Waals surface area (Å²) in [6, 6.07) is 13.0. The Balaban J connectivity index is 1.44. The molecule has 0 aliphatic carbocycles. The number of aromatic nitrogens is 3. The average molecular weight is 447 g/mol. The summed E-state index contributed by atoms with van der Waals surface area (Å²) in [7, 11) is 0. The highest BCUT2D eigenvalue weighted by Crippen LogP contribution is 2.25. The van der Waals surface area contributed by atoms with Crippen LogP contribution >= 0.6 is 0 Å². The lowest BCUT2D eigenvalue weighted by atomic mass is 10.1. The minimum atomic E-state index is -0.344. The monoisotopic (exact) mass is 447 g/mol. The molecule has 2 amide bonds. The van der Waals surface area contributed by atoms with E-state index in [2.05, 4.69) is 5.10 Å². The van der Waals surface area contributed by atoms with E-state index in [-0.39, 0.29) is 17.6 Å². The quantitative estimate of drug-likeness (QED) is 0.481. The van der Waals surface area contributed by atoms with Crippen LogP contribution in [-0.4, -0.2) is 62.1 Å². The Hall–Kier alpha value is -4.14. The van der Waals surface area contributed by atoms with Crippen molar-refractivity contribution in [3.63, 3.8) is 0 Å². The normalized spacial score (nSPS) is 14.0. The van der Waals surface area contributed by atoms with Crippen LogP contribution in [0.3, 0.4) is 0 Å². The van der Waals surface area contributed by atoms with Gasteiger partial charge in [0.15, 0.2) is 11.6 Å². The number of carbonyl (C=O) groups excluding carboxylic acids is 2. The summed E-state index contributed by atoms with van der Waals surface area (Å²) in [5.41, 5.74) is 1.69. The van der Waals surface area contributed by atoms with Crippen LogP contribution in [0.4, 0.5) is 4.39 Å². The molecule has 1 fully saturated rings. The Labute approximate surface area is 189 Å². The maximum absolute atomic E-state index is 13.6. The van der Waals surface area contributed by atoms with Gasteiger partial charge in [-0.2, -0.15) is 5.10 Å². The highest BCUT2D eigenvalue weighted by Gasteiger charge is 2.31. The van der Waals surface area contributed by atoms with Crippen LogP contribution < -0.4 is 0 Å². The number of halogens is 1. The molecule has 3 aromatic heterocycles. The van der Waals surface area contributed by atoms with Gasteiger partial charge in [-0.25, -0.2) is 9.07 Å². The Morgan fingerprint density at radius 2 is 1.55 bits per heavy atom. The largest absolute Gasteiger partial charge is 0.459 e. The van der Waals surface area contributed by atoms with Gasteiger partial charge in [-0.1, -0.05) is 0 Å². The van der Waals surface area contributed by atoms with E-state index in [9.17, 15) is 14.0 Å². The van der Waals surface area contributed by atoms with Crippen molar-refractivity contribution in [2.24, 2.45) is 0 Å². The molecule has 168 valence electrons. The van der Waals surface area contributed by atoms with Gasteiger partial charge >= 0.3 is 0 Å². The minimum Gasteiger partial charge on any atom is -0.459 e. The maximum Gasteiger partial charge on any atom is 0.289 e. The third kappa shape index (κ3) is 3.82. The van der Waals surface area contributed by atoms with Crippen molar-refractivity contribution in [1.82, 2.24) is 24.1 Å². The second-order valence-electron chi connectivity index (χ2n) is 7.82. The fourth-order valence-electron chi connectivity index (χ4n) is 4.07. The second-order valence-corrected chi connectivity index (χ2v) is 7.82. The van der Waals surface area contributed by atoms with Crippen LogP contribution in [0.15, 0.2) is 71.6 Å². The summed E-state index contributed by atoms with van der Waals surface area (Å²) >= 11 is 0. The van der Waals surface area contributed by atoms with Crippen LogP contribution in [0.5, 0.6) is 0 Å². The molecule has 1 saturated heterocycles. The van der Waals surface area contributed by atoms with Gasteiger partial charge in [-0.15, -0.1) is 0 Å². The van der Waals surface area contributed by atoms with Gasteiger partial charge in [0.05, 0.1) is 17.6 Å². The molecule has 0 unspecified atom stereocenters. The third-order valence-corrected chi connectivity index (χ3v) is 5.76. The molecular weight excluding hydrogens is 425 g/mol. The predicted octanol–water partition coefficient (Wildman–Crippen LogP) is 3.30. The maximum atomic E-state index is 13.6. The molecule has 0 bridgehead atoms. The summed E-state index contributed by atoms with van der Waals surface area (Å²) in [4.78, 5) is 29.6. The lowest BCUT2D eigenvalue weighted by Gasteiger charge is -2.34. The van der Waals surface area contributed by atoms with Gasteiger partial charge in [-0.05, 0) is 55.5 Å². The molecular formula is C24H22FN5O3. The van der Waals surface area contributed by atoms with Gasteiger partial charge in [0, 0.05) is 38.6 Å². The van der Waals surface area contributed by atoms with E-state index in [0.29, 0.717) is 54.7 Å². The summed E-state index contributed by atoms with van der Waals surface area (Å²) in [6.45, 7) is 3.41. The molecule has 0 N–H and O–H groups in total. The van der Waals surface area contributed by atoms with Gasteiger partial charge in [0.1, 0.15) is 11.4 Å². The lowest BCUT2D eigenvalue weighted by molar-refractivity contribution is 0.0517. The van der Waals surface area contributed by atoms with E-state index in [0.717, 1.165) is 0 Å². The van der Waals surface area contributed by atoms with Crippen molar-refractivity contribution in [1.29, 1.82) is 0 Å². The molecule has 4 heterocycles. The van der Waals surface area contributed by atoms with E-state index < -0.39 is 0 Å². The average Bonchev–Trinajstić information content (AvgIpc) is 3.60. The first kappa shape index (κ1) is 20.7. The summed E-state index contributed by atoms with van der Waals surface area (Å²) < 4.78 is 22.2. The molecule has 33 heavy (non-hydrogen) atoms. The van der Waals surface area contributed by atoms with Crippen LogP contribution in [-0.2, 0) is 0 Å². The fourth-order valence-corrected chi connectivity index (χ4v) is 4.07. The van der Waals surface area contributed by atoms with Crippen molar-refractivity contribution in [2.75, 3.05) is 26.2 Å². The van der Waals surface area contributed by atoms with Crippen molar-refractivity contribution < 1.29 is 18.4 Å². The number of piperazine rings is 1. The number of rotatable bonds is 4. The molecule has 1 aliphatic rings. The molecule has 0 saturated carbocycles. The minimum absolute atomic E-state index is 0.158. The summed E-state index contributed by atoms with van der Waals surface area (Å²) in [5.74, 6) is 0.197. The van der Waals surface area contributed by atoms with Crippen LogP contribution in [0.2, 0.25) is 0 Å². The predicted molar refractivity (Wildman–Crippen MR) is 118 cm³/mol. The van der Waals surface area contributed by atoms with E-state index in [1.807, 2.05) is 29.1 Å². The summed E-state index contributed by atoms with van der Waals surface area (Å²) in [6.07, 6.45) is 5.15. The topological polar surface area (TPSA) is 76.5 Å². The molecule has 8 nitrogen and oxygen atoms in total. The van der Waals surface area contributed by atoms with Gasteiger partial charge in [0.25, 0.3) is 11.8 Å². The van der Waals surface area contributed by atoms with Gasteiger partial charge < -0.3 is 18.8 Å². The molecule has 4 aromatic rings. The first-order valence-corrected chi connectivity index (χ1v) is 10.6. The van der Waals surface area contributed by atoms with Crippen LogP contribution in [0.1, 0.15) is 26.6 Å². The number of hydrogen-bond acceptors (Lipinski definition) is 4. The highest BCUT2D eigenvalue weighted by molar-refractivity contribution is 5.99. The zero-order chi connectivity index (χ0) is 22.9. The molecule has 0 spiro atoms. The Bertz CT molecular complexity index is 1270. The zero-order valence-corrected chi connectivity index (χ0v) is 18.0. The van der Waals surface area contributed by atoms with Crippen LogP contribution in [0, 0.1) is 12.7 Å². The Kier molecular flexibility index (Phi) is 5.29. The SMILES string of the molecule is Cc1nn(-c2ccc(F)cc2)c(-n2cccc2)c1C(=O)N1CCN(C(=O)c2ccco2)CC1. The Morgan fingerprint density at radius 1 is 0.909 bits per heavy atom. The number of amides is 2. The number of aryl methyl sites for hydroxylation is 1. The number of hydrogen-bond donors (Lipinski definition) is 0. The van der Waals surface area contributed by atoms with E-state index in [1.165, 1.54) is 18.4 Å². The van der Waals surface area contributed by atoms with Crippen molar-refractivity contribution in [3.8, 4) is 11.5 Å². The van der Waals surface area contributed by atoms with E-state index in [4.69, 9.17) is 4.42 Å². The molecule has 0 atom stereocenters. The zero-order valence-electron chi connectivity index (χ0n) is 18.0. The van der Waals surface area contributed by atoms with Crippen molar-refractivity contribution >= 4 is 11.8 Å². The standard InChI is InChI=1S/C24H22FN5O3/c1-17-21(24(32)29-14-12-28(13-15-29)23(31)20-5-4-16-33-20)22(27-10-2-3-11-27)30(26-17)19-8-6-18(25)7-9-19/h2-11,16H,12-15H2,1H3. The van der Waals surface area contributed by atoms with Gasteiger partial charge in [-0.3, -0.25) is 9.59 Å². The van der Waals surface area contributed by atoms with E-state index in [1.54, 1.807) is 45.7 Å². The molecule has 5 rings (SSSR count). The summed E-state index contributed by atoms with van der Waals surface area (Å²) in [5, 5.41) is 4.61. The smallest absolute Gasteiger partial charge is 0.289 e. The number of benzene rings is 1.